The summed E-state index contributed by atoms with van der Waals surface area (Å²) in [5, 5.41) is 2.58. The van der Waals surface area contributed by atoms with Gasteiger partial charge in [0.1, 0.15) is 17.7 Å². The number of halogens is 2. The highest BCUT2D eigenvalue weighted by atomic mass is 32.2. The monoisotopic (exact) mass is 513 g/mol. The van der Waals surface area contributed by atoms with Gasteiger partial charge in [0.2, 0.25) is 21.8 Å². The third kappa shape index (κ3) is 5.16. The Morgan fingerprint density at radius 3 is 2.06 bits per heavy atom. The van der Waals surface area contributed by atoms with Crippen LogP contribution in [0.25, 0.3) is 0 Å². The molecule has 0 aromatic heterocycles. The summed E-state index contributed by atoms with van der Waals surface area (Å²) in [7, 11) is -4.37. The second-order valence-electron chi connectivity index (χ2n) is 8.15. The summed E-state index contributed by atoms with van der Waals surface area (Å²) in [6.45, 7) is 1.02. The molecular formula is C25H21F2N3O5S. The topological polar surface area (TPSA) is 104 Å². The maximum absolute atomic E-state index is 13.6. The molecule has 0 bridgehead atoms. The van der Waals surface area contributed by atoms with Gasteiger partial charge in [-0.2, -0.15) is 4.31 Å². The van der Waals surface area contributed by atoms with E-state index in [-0.39, 0.29) is 23.0 Å². The fourth-order valence-corrected chi connectivity index (χ4v) is 5.45. The number of carbonyl (C=O) groups is 3. The molecule has 0 aliphatic carbocycles. The van der Waals surface area contributed by atoms with Crippen molar-refractivity contribution in [2.24, 2.45) is 0 Å². The van der Waals surface area contributed by atoms with Crippen LogP contribution in [0.3, 0.4) is 0 Å². The van der Waals surface area contributed by atoms with E-state index < -0.39 is 45.9 Å². The molecule has 1 saturated heterocycles. The molecule has 3 aromatic rings. The number of benzene rings is 3. The van der Waals surface area contributed by atoms with Gasteiger partial charge in [-0.3, -0.25) is 14.4 Å². The first kappa shape index (κ1) is 25.1. The molecule has 0 saturated carbocycles. The summed E-state index contributed by atoms with van der Waals surface area (Å²) in [5.41, 5.74) is 1.06. The molecule has 1 aliphatic heterocycles. The molecule has 8 nitrogen and oxygen atoms in total. The number of anilines is 2. The van der Waals surface area contributed by atoms with Gasteiger partial charge in [-0.25, -0.2) is 22.1 Å². The number of sulfonamides is 1. The Bertz CT molecular complexity index is 1410. The number of rotatable bonds is 7. The van der Waals surface area contributed by atoms with Crippen LogP contribution in [-0.4, -0.2) is 36.5 Å². The standard InChI is InChI=1S/C25H21F2N3O5S/c1-16(31)28-20-8-10-21(11-9-20)30-24(32)14-23(25(30)33)29(15-17-2-4-18(26)5-3-17)36(34,35)22-12-6-19(27)7-13-22/h2-13,23H,14-15H2,1H3,(H,28,31). The lowest BCUT2D eigenvalue weighted by atomic mass is 10.2. The summed E-state index contributed by atoms with van der Waals surface area (Å²) in [6.07, 6.45) is -0.423. The van der Waals surface area contributed by atoms with Gasteiger partial charge >= 0.3 is 0 Å². The molecule has 0 spiro atoms. The Hall–Kier alpha value is -3.96. The van der Waals surface area contributed by atoms with Gasteiger partial charge in [0.25, 0.3) is 5.91 Å². The molecule has 4 rings (SSSR count). The van der Waals surface area contributed by atoms with E-state index in [1.165, 1.54) is 43.3 Å². The maximum atomic E-state index is 13.6. The van der Waals surface area contributed by atoms with Crippen molar-refractivity contribution in [1.29, 1.82) is 0 Å². The largest absolute Gasteiger partial charge is 0.326 e. The molecule has 1 aliphatic rings. The summed E-state index contributed by atoms with van der Waals surface area (Å²) < 4.78 is 54.8. The van der Waals surface area contributed by atoms with E-state index in [4.69, 9.17) is 0 Å². The summed E-state index contributed by atoms with van der Waals surface area (Å²) in [6, 6.07) is 13.7. The van der Waals surface area contributed by atoms with E-state index in [1.54, 1.807) is 0 Å². The Morgan fingerprint density at radius 2 is 1.50 bits per heavy atom. The Kier molecular flexibility index (Phi) is 6.95. The SMILES string of the molecule is CC(=O)Nc1ccc(N2C(=O)CC(N(Cc3ccc(F)cc3)S(=O)(=O)c3ccc(F)cc3)C2=O)cc1. The fraction of sp³-hybridized carbons (Fsp3) is 0.160. The van der Waals surface area contributed by atoms with Crippen molar-refractivity contribution in [2.45, 2.75) is 30.8 Å². The van der Waals surface area contributed by atoms with Crippen LogP contribution in [0.2, 0.25) is 0 Å². The highest BCUT2D eigenvalue weighted by Crippen LogP contribution is 2.31. The zero-order valence-corrected chi connectivity index (χ0v) is 19.8. The molecule has 1 unspecified atom stereocenters. The van der Waals surface area contributed by atoms with E-state index >= 15 is 0 Å². The van der Waals surface area contributed by atoms with Gasteiger partial charge in [-0.05, 0) is 66.2 Å². The molecule has 1 N–H and O–H groups in total. The second kappa shape index (κ2) is 9.96. The van der Waals surface area contributed by atoms with Crippen molar-refractivity contribution in [3.05, 3.63) is 90.0 Å². The van der Waals surface area contributed by atoms with Gasteiger partial charge in [-0.15, -0.1) is 0 Å². The number of imide groups is 1. The van der Waals surface area contributed by atoms with Crippen LogP contribution in [0.5, 0.6) is 0 Å². The number of nitrogens with zero attached hydrogens (tertiary/aromatic N) is 2. The third-order valence-corrected chi connectivity index (χ3v) is 7.46. The van der Waals surface area contributed by atoms with Crippen LogP contribution in [0.4, 0.5) is 20.2 Å². The van der Waals surface area contributed by atoms with E-state index in [0.717, 1.165) is 45.6 Å². The van der Waals surface area contributed by atoms with Crippen LogP contribution in [-0.2, 0) is 31.0 Å². The average Bonchev–Trinajstić information content (AvgIpc) is 3.12. The van der Waals surface area contributed by atoms with Crippen molar-refractivity contribution in [3.8, 4) is 0 Å². The van der Waals surface area contributed by atoms with Crippen LogP contribution >= 0.6 is 0 Å². The quantitative estimate of drug-likeness (QED) is 0.488. The molecule has 1 fully saturated rings. The highest BCUT2D eigenvalue weighted by molar-refractivity contribution is 7.89. The Morgan fingerprint density at radius 1 is 0.944 bits per heavy atom. The van der Waals surface area contributed by atoms with Gasteiger partial charge in [0.05, 0.1) is 17.0 Å². The Balaban J connectivity index is 1.70. The first-order valence-corrected chi connectivity index (χ1v) is 12.3. The van der Waals surface area contributed by atoms with Crippen molar-refractivity contribution < 1.29 is 31.6 Å². The lowest BCUT2D eigenvalue weighted by Gasteiger charge is -2.27. The molecule has 36 heavy (non-hydrogen) atoms. The number of hydrogen-bond donors (Lipinski definition) is 1. The van der Waals surface area contributed by atoms with Crippen molar-refractivity contribution in [3.63, 3.8) is 0 Å². The predicted octanol–water partition coefficient (Wildman–Crippen LogP) is 3.45. The summed E-state index contributed by atoms with van der Waals surface area (Å²) in [4.78, 5) is 38.2. The lowest BCUT2D eigenvalue weighted by Crippen LogP contribution is -2.45. The molecule has 3 amide bonds. The molecule has 1 heterocycles. The molecular weight excluding hydrogens is 492 g/mol. The van der Waals surface area contributed by atoms with Gasteiger partial charge in [-0.1, -0.05) is 12.1 Å². The van der Waals surface area contributed by atoms with Crippen LogP contribution in [0.1, 0.15) is 18.9 Å². The van der Waals surface area contributed by atoms with E-state index in [9.17, 15) is 31.6 Å². The first-order valence-electron chi connectivity index (χ1n) is 10.8. The molecule has 186 valence electrons. The fourth-order valence-electron chi connectivity index (χ4n) is 3.88. The second-order valence-corrected chi connectivity index (χ2v) is 10.0. The maximum Gasteiger partial charge on any atom is 0.252 e. The molecule has 11 heteroatoms. The predicted molar refractivity (Wildman–Crippen MR) is 127 cm³/mol. The number of nitrogens with one attached hydrogen (secondary N) is 1. The van der Waals surface area contributed by atoms with Gasteiger partial charge < -0.3 is 5.32 Å². The minimum atomic E-state index is -4.37. The van der Waals surface area contributed by atoms with Crippen molar-refractivity contribution in [1.82, 2.24) is 4.31 Å². The average molecular weight is 514 g/mol. The van der Waals surface area contributed by atoms with Crippen molar-refractivity contribution in [2.75, 3.05) is 10.2 Å². The van der Waals surface area contributed by atoms with Gasteiger partial charge in [0, 0.05) is 19.2 Å². The van der Waals surface area contributed by atoms with E-state index in [1.807, 2.05) is 0 Å². The number of amides is 3. The molecule has 1 atom stereocenters. The van der Waals surface area contributed by atoms with Crippen LogP contribution in [0, 0.1) is 11.6 Å². The third-order valence-electron chi connectivity index (χ3n) is 5.59. The smallest absolute Gasteiger partial charge is 0.252 e. The van der Waals surface area contributed by atoms with Gasteiger partial charge in [0.15, 0.2) is 0 Å². The van der Waals surface area contributed by atoms with Crippen LogP contribution < -0.4 is 10.2 Å². The van der Waals surface area contributed by atoms with Crippen molar-refractivity contribution >= 4 is 39.1 Å². The zero-order valence-electron chi connectivity index (χ0n) is 19.0. The summed E-state index contributed by atoms with van der Waals surface area (Å²) >= 11 is 0. The van der Waals surface area contributed by atoms with E-state index in [2.05, 4.69) is 5.32 Å². The Labute approximate surface area is 206 Å². The van der Waals surface area contributed by atoms with E-state index in [0.29, 0.717) is 11.3 Å². The molecule has 0 radical (unpaired) electrons. The minimum Gasteiger partial charge on any atom is -0.326 e. The number of hydrogen-bond acceptors (Lipinski definition) is 5. The van der Waals surface area contributed by atoms with Crippen LogP contribution in [0.15, 0.2) is 77.7 Å². The zero-order chi connectivity index (χ0) is 26.0. The molecule has 3 aromatic carbocycles. The highest BCUT2D eigenvalue weighted by Gasteiger charge is 2.47. The number of carbonyl (C=O) groups excluding carboxylic acids is 3. The lowest BCUT2D eigenvalue weighted by molar-refractivity contribution is -0.122. The normalized spacial score (nSPS) is 16.0. The minimum absolute atomic E-state index is 0.211. The summed E-state index contributed by atoms with van der Waals surface area (Å²) in [5.74, 6) is -2.83. The first-order chi connectivity index (χ1) is 17.1.